The van der Waals surface area contributed by atoms with Gasteiger partial charge in [-0.05, 0) is 24.5 Å². The second-order valence-corrected chi connectivity index (χ2v) is 7.73. The summed E-state index contributed by atoms with van der Waals surface area (Å²) < 4.78 is 5.86. The molecule has 4 unspecified atom stereocenters. The Balaban J connectivity index is 1.95. The number of nitriles is 1. The molecule has 3 heterocycles. The molecule has 28 heavy (non-hydrogen) atoms. The van der Waals surface area contributed by atoms with Crippen LogP contribution >= 0.6 is 0 Å². The average Bonchev–Trinajstić information content (AvgIpc) is 3.20. The number of nitrogens with two attached hydrogens (primary N) is 1. The van der Waals surface area contributed by atoms with Crippen LogP contribution in [0.15, 0.2) is 35.7 Å². The van der Waals surface area contributed by atoms with Crippen molar-refractivity contribution in [2.24, 2.45) is 11.7 Å². The second kappa shape index (κ2) is 7.12. The zero-order chi connectivity index (χ0) is 19.9. The second-order valence-electron chi connectivity index (χ2n) is 7.73. The maximum atomic E-state index is 14.0. The fourth-order valence-electron chi connectivity index (χ4n) is 5.08. The highest BCUT2D eigenvalue weighted by molar-refractivity contribution is 6.11. The number of nitrogens with zero attached hydrogens (tertiary/aromatic N) is 2. The summed E-state index contributed by atoms with van der Waals surface area (Å²) in [5.41, 5.74) is 13.5. The van der Waals surface area contributed by atoms with Crippen molar-refractivity contribution >= 4 is 11.6 Å². The van der Waals surface area contributed by atoms with E-state index in [0.717, 1.165) is 36.9 Å². The van der Waals surface area contributed by atoms with E-state index in [0.29, 0.717) is 6.54 Å². The third-order valence-electron chi connectivity index (χ3n) is 6.20. The Morgan fingerprint density at radius 3 is 2.79 bits per heavy atom. The van der Waals surface area contributed by atoms with E-state index >= 15 is 0 Å². The molecule has 1 aromatic rings. The minimum Gasteiger partial charge on any atom is -0.458 e. The van der Waals surface area contributed by atoms with Gasteiger partial charge in [0.1, 0.15) is 17.1 Å². The molecular formula is C21H27N5O2. The van der Waals surface area contributed by atoms with Crippen LogP contribution in [0.25, 0.3) is 0 Å². The van der Waals surface area contributed by atoms with Crippen molar-refractivity contribution in [1.82, 2.24) is 10.9 Å². The summed E-state index contributed by atoms with van der Waals surface area (Å²) >= 11 is 0. The molecule has 0 bridgehead atoms. The minimum atomic E-state index is -1.12. The number of carbonyl (C=O) groups excluding carboxylic acids is 1. The highest BCUT2D eigenvalue weighted by Gasteiger charge is 2.66. The van der Waals surface area contributed by atoms with E-state index in [1.165, 1.54) is 0 Å². The van der Waals surface area contributed by atoms with E-state index in [1.54, 1.807) is 0 Å². The zero-order valence-electron chi connectivity index (χ0n) is 16.4. The number of anilines is 1. The first-order chi connectivity index (χ1) is 13.6. The lowest BCUT2D eigenvalue weighted by Gasteiger charge is -2.42. The van der Waals surface area contributed by atoms with Crippen LogP contribution in [-0.4, -0.2) is 24.7 Å². The van der Waals surface area contributed by atoms with Crippen LogP contribution in [-0.2, 0) is 14.9 Å². The molecule has 1 fully saturated rings. The van der Waals surface area contributed by atoms with Crippen molar-refractivity contribution in [3.05, 3.63) is 41.3 Å². The maximum Gasteiger partial charge on any atom is 0.243 e. The molecule has 7 nitrogen and oxygen atoms in total. The summed E-state index contributed by atoms with van der Waals surface area (Å²) in [6, 6.07) is 10.0. The predicted molar refractivity (Wildman–Crippen MR) is 106 cm³/mol. The largest absolute Gasteiger partial charge is 0.458 e. The molecule has 1 saturated heterocycles. The number of para-hydroxylation sites is 1. The minimum absolute atomic E-state index is 0.0000161. The van der Waals surface area contributed by atoms with Crippen molar-refractivity contribution in [2.45, 2.75) is 57.2 Å². The Hall–Kier alpha value is -2.56. The van der Waals surface area contributed by atoms with Gasteiger partial charge in [0.05, 0.1) is 5.92 Å². The maximum absolute atomic E-state index is 14.0. The number of hydrazine groups is 1. The van der Waals surface area contributed by atoms with Gasteiger partial charge in [0.15, 0.2) is 6.23 Å². The van der Waals surface area contributed by atoms with E-state index in [-0.39, 0.29) is 29.3 Å². The molecule has 1 aromatic carbocycles. The first-order valence-corrected chi connectivity index (χ1v) is 10.1. The van der Waals surface area contributed by atoms with E-state index < -0.39 is 11.6 Å². The van der Waals surface area contributed by atoms with E-state index in [9.17, 15) is 10.1 Å². The Labute approximate surface area is 165 Å². The molecule has 4 atom stereocenters. The summed E-state index contributed by atoms with van der Waals surface area (Å²) in [6.45, 7) is 4.80. The summed E-state index contributed by atoms with van der Waals surface area (Å²) in [5.74, 6) is -0.285. The number of fused-ring (bicyclic) bond motifs is 4. The van der Waals surface area contributed by atoms with Gasteiger partial charge in [-0.15, -0.1) is 0 Å². The van der Waals surface area contributed by atoms with Crippen LogP contribution < -0.4 is 21.5 Å². The number of ether oxygens (including phenoxy) is 1. The Kier molecular flexibility index (Phi) is 4.77. The van der Waals surface area contributed by atoms with Crippen LogP contribution in [0.3, 0.4) is 0 Å². The number of rotatable bonds is 5. The topological polar surface area (TPSA) is 103 Å². The van der Waals surface area contributed by atoms with Gasteiger partial charge in [-0.2, -0.15) is 5.26 Å². The van der Waals surface area contributed by atoms with E-state index in [2.05, 4.69) is 23.8 Å². The molecule has 3 aliphatic rings. The molecule has 4 N–H and O–H groups in total. The number of hydrogen-bond acceptors (Lipinski definition) is 6. The van der Waals surface area contributed by atoms with Crippen molar-refractivity contribution < 1.29 is 9.53 Å². The predicted octanol–water partition coefficient (Wildman–Crippen LogP) is 2.01. The molecule has 7 heteroatoms. The van der Waals surface area contributed by atoms with Gasteiger partial charge in [-0.25, -0.2) is 5.43 Å². The number of amides is 1. The number of nitrogens with one attached hydrogen (secondary N) is 2. The van der Waals surface area contributed by atoms with Crippen LogP contribution in [0.1, 0.15) is 45.1 Å². The monoisotopic (exact) mass is 381 g/mol. The molecule has 0 aliphatic carbocycles. The van der Waals surface area contributed by atoms with Gasteiger partial charge in [0.2, 0.25) is 11.8 Å². The van der Waals surface area contributed by atoms with Gasteiger partial charge < -0.3 is 15.4 Å². The summed E-state index contributed by atoms with van der Waals surface area (Å²) in [6.07, 6.45) is 3.33. The molecule has 148 valence electrons. The molecule has 4 rings (SSSR count). The first-order valence-electron chi connectivity index (χ1n) is 10.1. The lowest BCUT2D eigenvalue weighted by atomic mass is 9.62. The summed E-state index contributed by atoms with van der Waals surface area (Å²) in [4.78, 5) is 15.8. The normalized spacial score (nSPS) is 31.0. The Morgan fingerprint density at radius 1 is 1.29 bits per heavy atom. The van der Waals surface area contributed by atoms with E-state index in [1.807, 2.05) is 36.1 Å². The van der Waals surface area contributed by atoms with Crippen molar-refractivity contribution in [3.8, 4) is 6.07 Å². The van der Waals surface area contributed by atoms with Gasteiger partial charge in [-0.3, -0.25) is 10.2 Å². The van der Waals surface area contributed by atoms with Crippen molar-refractivity contribution in [3.63, 3.8) is 0 Å². The van der Waals surface area contributed by atoms with Crippen LogP contribution in [0.4, 0.5) is 5.69 Å². The average molecular weight is 381 g/mol. The first kappa shape index (κ1) is 18.8. The van der Waals surface area contributed by atoms with Gasteiger partial charge in [0.25, 0.3) is 0 Å². The van der Waals surface area contributed by atoms with Gasteiger partial charge in [-0.1, -0.05) is 44.9 Å². The molecule has 1 spiro atoms. The lowest BCUT2D eigenvalue weighted by Crippen LogP contribution is -2.57. The molecular weight excluding hydrogens is 354 g/mol. The number of benzene rings is 1. The van der Waals surface area contributed by atoms with Gasteiger partial charge in [0, 0.05) is 18.3 Å². The Morgan fingerprint density at radius 2 is 2.07 bits per heavy atom. The zero-order valence-corrected chi connectivity index (χ0v) is 16.4. The van der Waals surface area contributed by atoms with Crippen molar-refractivity contribution in [1.29, 1.82) is 5.26 Å². The summed E-state index contributed by atoms with van der Waals surface area (Å²) in [5, 5.41) is 10.0. The lowest BCUT2D eigenvalue weighted by molar-refractivity contribution is -0.127. The molecule has 0 saturated carbocycles. The highest BCUT2D eigenvalue weighted by atomic mass is 16.5. The summed E-state index contributed by atoms with van der Waals surface area (Å²) in [7, 11) is 0. The smallest absolute Gasteiger partial charge is 0.243 e. The number of carbonyl (C=O) groups is 1. The standard InChI is InChI=1S/C21H27N5O2/c1-3-5-9-15-17-19(25-24-15)28-18(23)14(12-22)21(17)13-8-6-7-10-16(13)26(11-4-2)20(21)27/h6-8,10,15,17,19,24-25H,3-5,9,11,23H2,1-2H3. The highest BCUT2D eigenvalue weighted by Crippen LogP contribution is 2.56. The van der Waals surface area contributed by atoms with Crippen LogP contribution in [0.2, 0.25) is 0 Å². The third-order valence-corrected chi connectivity index (χ3v) is 6.20. The Bertz CT molecular complexity index is 861. The quantitative estimate of drug-likeness (QED) is 0.721. The SMILES string of the molecule is CCCCC1NNC2OC(N)=C(C#N)C3(C(=O)N(CCC)c4ccccc43)C12. The van der Waals surface area contributed by atoms with Crippen LogP contribution in [0.5, 0.6) is 0 Å². The van der Waals surface area contributed by atoms with Crippen molar-refractivity contribution in [2.75, 3.05) is 11.4 Å². The van der Waals surface area contributed by atoms with Gasteiger partial charge >= 0.3 is 0 Å². The molecule has 3 aliphatic heterocycles. The molecule has 0 radical (unpaired) electrons. The fourth-order valence-corrected chi connectivity index (χ4v) is 5.08. The number of hydrogen-bond donors (Lipinski definition) is 3. The van der Waals surface area contributed by atoms with E-state index in [4.69, 9.17) is 10.5 Å². The number of unbranched alkanes of at least 4 members (excludes halogenated alkanes) is 1. The molecule has 1 amide bonds. The third kappa shape index (κ3) is 2.38. The molecule has 0 aromatic heterocycles. The fraction of sp³-hybridized carbons (Fsp3) is 0.524. The van der Waals surface area contributed by atoms with Crippen LogP contribution in [0, 0.1) is 17.2 Å².